The molecule has 0 amide bonds. The van der Waals surface area contributed by atoms with Gasteiger partial charge >= 0.3 is 0 Å². The molecule has 0 atom stereocenters. The number of benzene rings is 1. The van der Waals surface area contributed by atoms with Crippen LogP contribution in [-0.4, -0.2) is 21.6 Å². The molecule has 0 saturated heterocycles. The van der Waals surface area contributed by atoms with E-state index in [1.807, 2.05) is 18.3 Å². The summed E-state index contributed by atoms with van der Waals surface area (Å²) in [7, 11) is 1.61. The molecule has 0 aliphatic carbocycles. The first-order valence-corrected chi connectivity index (χ1v) is 6.76. The van der Waals surface area contributed by atoms with E-state index in [4.69, 9.17) is 17.0 Å². The second-order valence-electron chi connectivity index (χ2n) is 4.75. The summed E-state index contributed by atoms with van der Waals surface area (Å²) >= 11 is 5.41. The number of nitrogens with one attached hydrogen (secondary N) is 1. The number of hydrogen-bond donors (Lipinski definition) is 1. The van der Waals surface area contributed by atoms with Gasteiger partial charge in [-0.15, -0.1) is 0 Å². The summed E-state index contributed by atoms with van der Waals surface area (Å²) in [6, 6.07) is 10.1. The van der Waals surface area contributed by atoms with Crippen molar-refractivity contribution in [1.82, 2.24) is 14.5 Å². The van der Waals surface area contributed by atoms with Gasteiger partial charge in [0.2, 0.25) is 5.88 Å². The number of ether oxygens (including phenoxy) is 1. The van der Waals surface area contributed by atoms with Gasteiger partial charge < -0.3 is 14.3 Å². The van der Waals surface area contributed by atoms with Crippen molar-refractivity contribution in [3.05, 3.63) is 52.4 Å². The normalized spacial score (nSPS) is 10.9. The van der Waals surface area contributed by atoms with Crippen molar-refractivity contribution >= 4 is 23.3 Å². The van der Waals surface area contributed by atoms with E-state index in [0.29, 0.717) is 12.4 Å². The van der Waals surface area contributed by atoms with E-state index < -0.39 is 0 Å². The quantitative estimate of drug-likeness (QED) is 0.749. The van der Waals surface area contributed by atoms with Gasteiger partial charge in [-0.1, -0.05) is 12.1 Å². The molecule has 0 aliphatic heterocycles. The number of methoxy groups -OCH3 is 1. The molecule has 102 valence electrons. The van der Waals surface area contributed by atoms with E-state index in [0.717, 1.165) is 21.4 Å². The third kappa shape index (κ3) is 2.32. The number of aromatic amines is 1. The van der Waals surface area contributed by atoms with Crippen LogP contribution in [0.25, 0.3) is 11.0 Å². The van der Waals surface area contributed by atoms with Gasteiger partial charge in [0.1, 0.15) is 0 Å². The third-order valence-electron chi connectivity index (χ3n) is 3.28. The first-order valence-electron chi connectivity index (χ1n) is 6.35. The second kappa shape index (κ2) is 5.09. The highest BCUT2D eigenvalue weighted by Gasteiger charge is 2.05. The average Bonchev–Trinajstić information content (AvgIpc) is 2.75. The van der Waals surface area contributed by atoms with E-state index in [-0.39, 0.29) is 0 Å². The van der Waals surface area contributed by atoms with Crippen LogP contribution in [0.2, 0.25) is 0 Å². The maximum atomic E-state index is 5.41. The summed E-state index contributed by atoms with van der Waals surface area (Å²) in [6.45, 7) is 2.76. The summed E-state index contributed by atoms with van der Waals surface area (Å²) in [4.78, 5) is 7.47. The lowest BCUT2D eigenvalue weighted by molar-refractivity contribution is 0.397. The number of H-pyrrole nitrogens is 1. The fraction of sp³-hybridized carbons (Fsp3) is 0.200. The fourth-order valence-corrected chi connectivity index (χ4v) is 2.52. The highest BCUT2D eigenvalue weighted by molar-refractivity contribution is 7.71. The van der Waals surface area contributed by atoms with Crippen LogP contribution in [0.3, 0.4) is 0 Å². The average molecular weight is 285 g/mol. The topological polar surface area (TPSA) is 42.8 Å². The molecular formula is C15H15N3OS. The Morgan fingerprint density at radius 3 is 2.85 bits per heavy atom. The van der Waals surface area contributed by atoms with Gasteiger partial charge in [-0.3, -0.25) is 0 Å². The minimum Gasteiger partial charge on any atom is -0.481 e. The van der Waals surface area contributed by atoms with Gasteiger partial charge in [0.25, 0.3) is 0 Å². The molecule has 0 aliphatic rings. The molecule has 0 bridgehead atoms. The van der Waals surface area contributed by atoms with Crippen molar-refractivity contribution in [1.29, 1.82) is 0 Å². The van der Waals surface area contributed by atoms with Crippen LogP contribution in [-0.2, 0) is 6.54 Å². The predicted octanol–water partition coefficient (Wildman–Crippen LogP) is 3.46. The number of aromatic nitrogens is 3. The van der Waals surface area contributed by atoms with Crippen LogP contribution in [0.1, 0.15) is 11.1 Å². The number of pyridine rings is 1. The van der Waals surface area contributed by atoms with E-state index in [2.05, 4.69) is 39.7 Å². The summed E-state index contributed by atoms with van der Waals surface area (Å²) in [5.41, 5.74) is 4.48. The lowest BCUT2D eigenvalue weighted by atomic mass is 10.2. The number of rotatable bonds is 3. The molecule has 1 aromatic carbocycles. The van der Waals surface area contributed by atoms with Gasteiger partial charge in [-0.25, -0.2) is 4.98 Å². The summed E-state index contributed by atoms with van der Waals surface area (Å²) < 4.78 is 7.87. The van der Waals surface area contributed by atoms with Crippen LogP contribution >= 0.6 is 12.2 Å². The van der Waals surface area contributed by atoms with Gasteiger partial charge in [0, 0.05) is 12.3 Å². The SMILES string of the molecule is COc1ccc(Cn2c(=S)[nH]c3cc(C)ccc32)cn1. The van der Waals surface area contributed by atoms with Crippen LogP contribution in [0, 0.1) is 11.7 Å². The Labute approximate surface area is 122 Å². The zero-order valence-electron chi connectivity index (χ0n) is 11.4. The highest BCUT2D eigenvalue weighted by atomic mass is 32.1. The van der Waals surface area contributed by atoms with Gasteiger partial charge in [0.05, 0.1) is 24.7 Å². The smallest absolute Gasteiger partial charge is 0.212 e. The van der Waals surface area contributed by atoms with Gasteiger partial charge in [0.15, 0.2) is 4.77 Å². The van der Waals surface area contributed by atoms with E-state index in [1.54, 1.807) is 7.11 Å². The van der Waals surface area contributed by atoms with Crippen molar-refractivity contribution in [3.8, 4) is 5.88 Å². The highest BCUT2D eigenvalue weighted by Crippen LogP contribution is 2.18. The number of hydrogen-bond acceptors (Lipinski definition) is 3. The fourth-order valence-electron chi connectivity index (χ4n) is 2.24. The molecule has 1 N–H and O–H groups in total. The molecule has 20 heavy (non-hydrogen) atoms. The third-order valence-corrected chi connectivity index (χ3v) is 3.60. The Morgan fingerprint density at radius 1 is 1.30 bits per heavy atom. The van der Waals surface area contributed by atoms with E-state index >= 15 is 0 Å². The number of fused-ring (bicyclic) bond motifs is 1. The first-order chi connectivity index (χ1) is 9.67. The zero-order chi connectivity index (χ0) is 14.1. The van der Waals surface area contributed by atoms with Crippen molar-refractivity contribution in [2.24, 2.45) is 0 Å². The molecule has 3 rings (SSSR count). The molecule has 0 radical (unpaired) electrons. The summed E-state index contributed by atoms with van der Waals surface area (Å²) in [5, 5.41) is 0. The van der Waals surface area contributed by atoms with Gasteiger partial charge in [-0.05, 0) is 42.4 Å². The maximum absolute atomic E-state index is 5.41. The Balaban J connectivity index is 2.01. The zero-order valence-corrected chi connectivity index (χ0v) is 12.2. The Hall–Kier alpha value is -2.14. The van der Waals surface area contributed by atoms with Crippen LogP contribution in [0.4, 0.5) is 0 Å². The molecule has 0 fully saturated rings. The molecule has 2 aromatic heterocycles. The van der Waals surface area contributed by atoms with Gasteiger partial charge in [-0.2, -0.15) is 0 Å². The number of aryl methyl sites for hydroxylation is 1. The largest absolute Gasteiger partial charge is 0.481 e. The lowest BCUT2D eigenvalue weighted by Gasteiger charge is -2.05. The predicted molar refractivity (Wildman–Crippen MR) is 81.8 cm³/mol. The van der Waals surface area contributed by atoms with E-state index in [1.165, 1.54) is 5.56 Å². The summed E-state index contributed by atoms with van der Waals surface area (Å²) in [5.74, 6) is 0.617. The van der Waals surface area contributed by atoms with Crippen molar-refractivity contribution in [3.63, 3.8) is 0 Å². The number of nitrogens with zero attached hydrogens (tertiary/aromatic N) is 2. The second-order valence-corrected chi connectivity index (χ2v) is 5.13. The molecular weight excluding hydrogens is 270 g/mol. The van der Waals surface area contributed by atoms with E-state index in [9.17, 15) is 0 Å². The molecule has 2 heterocycles. The molecule has 5 heteroatoms. The first kappa shape index (κ1) is 12.9. The molecule has 0 saturated carbocycles. The standard InChI is InChI=1S/C15H15N3OS/c1-10-3-5-13-12(7-10)17-15(20)18(13)9-11-4-6-14(19-2)16-8-11/h3-8H,9H2,1-2H3,(H,17,20). The van der Waals surface area contributed by atoms with Crippen LogP contribution in [0.5, 0.6) is 5.88 Å². The lowest BCUT2D eigenvalue weighted by Crippen LogP contribution is -2.00. The Bertz CT molecular complexity index is 802. The van der Waals surface area contributed by atoms with Crippen LogP contribution < -0.4 is 4.74 Å². The van der Waals surface area contributed by atoms with Crippen molar-refractivity contribution in [2.45, 2.75) is 13.5 Å². The number of imidazole rings is 1. The van der Waals surface area contributed by atoms with Crippen molar-refractivity contribution in [2.75, 3.05) is 7.11 Å². The molecule has 0 unspecified atom stereocenters. The molecule has 4 nitrogen and oxygen atoms in total. The Kier molecular flexibility index (Phi) is 3.28. The van der Waals surface area contributed by atoms with Crippen molar-refractivity contribution < 1.29 is 4.74 Å². The Morgan fingerprint density at radius 2 is 2.15 bits per heavy atom. The maximum Gasteiger partial charge on any atom is 0.212 e. The molecule has 3 aromatic rings. The monoisotopic (exact) mass is 285 g/mol. The minimum absolute atomic E-state index is 0.617. The minimum atomic E-state index is 0.617. The summed E-state index contributed by atoms with van der Waals surface area (Å²) in [6.07, 6.45) is 1.81. The molecule has 0 spiro atoms. The van der Waals surface area contributed by atoms with Crippen LogP contribution in [0.15, 0.2) is 36.5 Å².